The van der Waals surface area contributed by atoms with E-state index in [9.17, 15) is 9.13 Å². The van der Waals surface area contributed by atoms with Crippen molar-refractivity contribution in [2.75, 3.05) is 52.9 Å². The van der Waals surface area contributed by atoms with E-state index in [0.717, 1.165) is 0 Å². The van der Waals surface area contributed by atoms with Crippen molar-refractivity contribution in [1.29, 1.82) is 0 Å². The number of fused-ring (bicyclic) bond motifs is 6. The Kier molecular flexibility index (Phi) is 17.7. The topological polar surface area (TPSA) is 147 Å². The lowest BCUT2D eigenvalue weighted by molar-refractivity contribution is -0.114. The molecular formula is C11H22Cl6O11P4. The second-order valence-electron chi connectivity index (χ2n) is 6.48. The molecule has 0 aromatic rings. The Morgan fingerprint density at radius 1 is 0.844 bits per heavy atom. The Hall–Kier alpha value is 2.28. The molecular weight excluding hydrogens is 645 g/mol. The van der Waals surface area contributed by atoms with Crippen LogP contribution in [-0.4, -0.2) is 69.4 Å². The van der Waals surface area contributed by atoms with Crippen molar-refractivity contribution in [3.8, 4) is 0 Å². The highest BCUT2D eigenvalue weighted by Crippen LogP contribution is 2.61. The van der Waals surface area contributed by atoms with E-state index in [1.807, 2.05) is 0 Å². The van der Waals surface area contributed by atoms with Gasteiger partial charge in [0, 0.05) is 0 Å². The van der Waals surface area contributed by atoms with Crippen molar-refractivity contribution >= 4 is 104 Å². The van der Waals surface area contributed by atoms with E-state index in [1.165, 1.54) is 0 Å². The Morgan fingerprint density at radius 3 is 1.28 bits per heavy atom. The molecule has 0 radical (unpaired) electrons. The molecule has 21 heteroatoms. The molecule has 6 aliphatic heterocycles. The van der Waals surface area contributed by atoms with Crippen LogP contribution in [0.5, 0.6) is 0 Å². The van der Waals surface area contributed by atoms with Crippen molar-refractivity contribution < 1.29 is 51.1 Å². The second kappa shape index (κ2) is 15.5. The summed E-state index contributed by atoms with van der Waals surface area (Å²) >= 11 is 18.3. The molecule has 6 heterocycles. The van der Waals surface area contributed by atoms with E-state index in [0.29, 0.717) is 19.8 Å². The lowest BCUT2D eigenvalue weighted by atomic mass is 9.93. The molecule has 0 atom stereocenters. The average Bonchev–Trinajstić information content (AvgIpc) is 2.70. The summed E-state index contributed by atoms with van der Waals surface area (Å²) in [6, 6.07) is 0. The van der Waals surface area contributed by atoms with Gasteiger partial charge in [0.1, 0.15) is 0 Å². The van der Waals surface area contributed by atoms with Crippen LogP contribution in [0.3, 0.4) is 0 Å². The van der Waals surface area contributed by atoms with Gasteiger partial charge in [-0.15, -0.1) is 24.8 Å². The van der Waals surface area contributed by atoms with Gasteiger partial charge in [-0.1, -0.05) is 0 Å². The molecule has 0 amide bonds. The number of rotatable bonds is 2. The predicted molar refractivity (Wildman–Crippen MR) is 130 cm³/mol. The number of hydrogen-bond acceptors (Lipinski definition) is 11. The van der Waals surface area contributed by atoms with Gasteiger partial charge in [0.15, 0.2) is 0 Å². The molecule has 0 aromatic carbocycles. The largest absolute Gasteiger partial charge is 0.474 e. The number of phosphoric ester groups is 1. The summed E-state index contributed by atoms with van der Waals surface area (Å²) in [4.78, 5) is 0. The first-order valence-corrected chi connectivity index (χ1v) is 17.2. The first kappa shape index (κ1) is 36.4. The van der Waals surface area contributed by atoms with E-state index < -0.39 is 26.0 Å². The van der Waals surface area contributed by atoms with Crippen molar-refractivity contribution in [3.63, 3.8) is 0 Å². The maximum Gasteiger partial charge on any atom is 0.474 e. The molecule has 2 N–H and O–H groups in total. The second-order valence-corrected chi connectivity index (χ2v) is 17.3. The minimum atomic E-state index is -3.22. The summed E-state index contributed by atoms with van der Waals surface area (Å²) in [5.74, 6) is 0. The van der Waals surface area contributed by atoms with Gasteiger partial charge in [-0.2, -0.15) is 0 Å². The molecule has 0 unspecified atom stereocenters. The molecule has 6 saturated heterocycles. The van der Waals surface area contributed by atoms with Crippen LogP contribution >= 0.6 is 98.2 Å². The van der Waals surface area contributed by atoms with Gasteiger partial charge >= 0.3 is 13.0 Å². The minimum absolute atomic E-state index is 0. The zero-order chi connectivity index (χ0) is 23.1. The lowest BCUT2D eigenvalue weighted by Crippen LogP contribution is -2.47. The van der Waals surface area contributed by atoms with Gasteiger partial charge in [0.25, 0.3) is 15.4 Å². The van der Waals surface area contributed by atoms with Crippen molar-refractivity contribution in [2.45, 2.75) is 0 Å². The molecule has 194 valence electrons. The summed E-state index contributed by atoms with van der Waals surface area (Å²) < 4.78 is 59.5. The molecule has 6 rings (SSSR count). The molecule has 0 saturated carbocycles. The molecule has 0 aromatic heterocycles. The van der Waals surface area contributed by atoms with Gasteiger partial charge in [-0.3, -0.25) is 22.7 Å². The number of aliphatic hydroxyl groups is 2. The molecule has 6 aliphatic rings. The van der Waals surface area contributed by atoms with E-state index >= 15 is 0 Å². The standard InChI is InChI=1S/C6H11O4P.C5H9O5P.Cl3OP.ClOP.2ClH/c1-11-8-3-6(2-7,4-9-11)5-10-11;6-1-5-2-8-11(7,9-3-5)10-4-5;1-5(2,3)4;1-3-2;;/h7H,1-5H2;6H,1-4H2;;;2*1H. The number of halogens is 6. The molecule has 6 fully saturated rings. The maximum atomic E-state index is 11.1. The van der Waals surface area contributed by atoms with E-state index in [1.54, 1.807) is 0 Å². The highest BCUT2D eigenvalue weighted by atomic mass is 36.0. The predicted octanol–water partition coefficient (Wildman–Crippen LogP) is 5.47. The van der Waals surface area contributed by atoms with Crippen LogP contribution in [0.25, 0.3) is 0 Å². The minimum Gasteiger partial charge on any atom is -0.396 e. The van der Waals surface area contributed by atoms with Crippen LogP contribution in [0, 0.1) is 10.8 Å². The van der Waals surface area contributed by atoms with E-state index in [2.05, 4.69) is 51.3 Å². The van der Waals surface area contributed by atoms with E-state index in [4.69, 9.17) is 41.9 Å². The zero-order valence-electron chi connectivity index (χ0n) is 16.0. The van der Waals surface area contributed by atoms with Crippen molar-refractivity contribution in [1.82, 2.24) is 0 Å². The van der Waals surface area contributed by atoms with Gasteiger partial charge in [0.2, 0.25) is 0 Å². The number of hydrogen-bond donors (Lipinski definition) is 2. The summed E-state index contributed by atoms with van der Waals surface area (Å²) in [6.07, 6.45) is 3.71. The lowest BCUT2D eigenvalue weighted by Gasteiger charge is -2.46. The average molecular weight is 667 g/mol. The fraction of sp³-hybridized carbons (Fsp3) is 0.909. The fourth-order valence-corrected chi connectivity index (χ4v) is 5.26. The zero-order valence-corrected chi connectivity index (χ0v) is 24.3. The Labute approximate surface area is 218 Å². The SMILES string of the molecule is C=P12OCC(CO)(CO1)CO2.Cl.Cl.O=P(Cl)(Cl)Cl.O=P12OCC(CO)(CO1)CO2.O=PCl. The van der Waals surface area contributed by atoms with Crippen molar-refractivity contribution in [3.05, 3.63) is 0 Å². The normalized spacial score (nSPS) is 36.6. The van der Waals surface area contributed by atoms with Gasteiger partial charge in [-0.05, 0) is 51.3 Å². The first-order valence-electron chi connectivity index (χ1n) is 7.83. The first-order chi connectivity index (χ1) is 13.8. The van der Waals surface area contributed by atoms with Crippen LogP contribution < -0.4 is 0 Å². The van der Waals surface area contributed by atoms with Crippen LogP contribution in [0.2, 0.25) is 0 Å². The maximum absolute atomic E-state index is 11.1. The molecule has 0 aliphatic carbocycles. The number of phosphoric acid groups is 1. The molecule has 0 spiro atoms. The monoisotopic (exact) mass is 664 g/mol. The number of aliphatic hydroxyl groups excluding tert-OH is 2. The highest BCUT2D eigenvalue weighted by Gasteiger charge is 2.50. The Bertz CT molecular complexity index is 608. The van der Waals surface area contributed by atoms with Crippen LogP contribution in [-0.2, 0) is 40.8 Å². The summed E-state index contributed by atoms with van der Waals surface area (Å²) in [5.41, 5.74) is -0.800. The van der Waals surface area contributed by atoms with Gasteiger partial charge in [0.05, 0.1) is 63.7 Å². The summed E-state index contributed by atoms with van der Waals surface area (Å²) in [5, 5.41) is 14.7. The molecule has 11 nitrogen and oxygen atoms in total. The quantitative estimate of drug-likeness (QED) is 0.362. The van der Waals surface area contributed by atoms with Gasteiger partial charge < -0.3 is 23.8 Å². The van der Waals surface area contributed by atoms with E-state index in [-0.39, 0.29) is 71.1 Å². The molecule has 32 heavy (non-hydrogen) atoms. The third kappa shape index (κ3) is 12.5. The third-order valence-corrected chi connectivity index (χ3v) is 6.86. The molecule has 4 bridgehead atoms. The Balaban J connectivity index is 0. The third-order valence-electron chi connectivity index (χ3n) is 3.96. The summed E-state index contributed by atoms with van der Waals surface area (Å²) in [6.45, 7) is 2.32. The van der Waals surface area contributed by atoms with Crippen LogP contribution in [0.15, 0.2) is 0 Å². The van der Waals surface area contributed by atoms with Crippen LogP contribution in [0.4, 0.5) is 0 Å². The Morgan fingerprint density at radius 2 is 1.06 bits per heavy atom. The summed E-state index contributed by atoms with van der Waals surface area (Å²) in [7, 11) is -5.75. The fourth-order valence-electron chi connectivity index (χ4n) is 2.10. The van der Waals surface area contributed by atoms with Gasteiger partial charge in [-0.25, -0.2) is 4.57 Å². The highest BCUT2D eigenvalue weighted by molar-refractivity contribution is 8.24. The van der Waals surface area contributed by atoms with Crippen LogP contribution in [0.1, 0.15) is 0 Å². The van der Waals surface area contributed by atoms with Crippen molar-refractivity contribution in [2.24, 2.45) is 10.8 Å². The smallest absolute Gasteiger partial charge is 0.396 e.